The third kappa shape index (κ3) is 1.43. The number of nitrogens with one attached hydrogen (secondary N) is 1. The molecule has 1 spiro atoms. The maximum atomic E-state index is 11.7. The van der Waals surface area contributed by atoms with Crippen LogP contribution in [0.25, 0.3) is 0 Å². The molecule has 0 aromatic heterocycles. The van der Waals surface area contributed by atoms with Crippen LogP contribution in [0.2, 0.25) is 0 Å². The average molecular weight is 217 g/mol. The van der Waals surface area contributed by atoms with Crippen molar-refractivity contribution in [1.82, 2.24) is 5.32 Å². The molecule has 0 unspecified atom stereocenters. The van der Waals surface area contributed by atoms with Gasteiger partial charge < -0.3 is 10.1 Å². The summed E-state index contributed by atoms with van der Waals surface area (Å²) in [6.07, 6.45) is 2.19. The van der Waals surface area contributed by atoms with E-state index < -0.39 is 0 Å². The van der Waals surface area contributed by atoms with Crippen LogP contribution >= 0.6 is 0 Å². The molecule has 1 fully saturated rings. The van der Waals surface area contributed by atoms with E-state index in [1.54, 1.807) is 0 Å². The maximum Gasteiger partial charge on any atom is 0.311 e. The van der Waals surface area contributed by atoms with Gasteiger partial charge in [-0.1, -0.05) is 24.3 Å². The molecule has 2 aliphatic rings. The summed E-state index contributed by atoms with van der Waals surface area (Å²) >= 11 is 0. The lowest BCUT2D eigenvalue weighted by atomic mass is 9.80. The lowest BCUT2D eigenvalue weighted by molar-refractivity contribution is -0.166. The Morgan fingerprint density at radius 2 is 1.94 bits per heavy atom. The van der Waals surface area contributed by atoms with Crippen molar-refractivity contribution in [1.29, 1.82) is 0 Å². The van der Waals surface area contributed by atoms with Crippen LogP contribution in [0, 0.1) is 0 Å². The molecule has 3 heteroatoms. The SMILES string of the molecule is O=C1Cc2ccccc2C2(CCNCC2)O1. The van der Waals surface area contributed by atoms with Crippen molar-refractivity contribution in [3.8, 4) is 0 Å². The molecule has 0 saturated carbocycles. The van der Waals surface area contributed by atoms with Crippen molar-refractivity contribution in [3.05, 3.63) is 35.4 Å². The minimum Gasteiger partial charge on any atom is -0.454 e. The van der Waals surface area contributed by atoms with E-state index in [2.05, 4.69) is 11.4 Å². The molecule has 0 aliphatic carbocycles. The number of esters is 1. The second kappa shape index (κ2) is 3.59. The molecule has 2 heterocycles. The van der Waals surface area contributed by atoms with Crippen molar-refractivity contribution < 1.29 is 9.53 Å². The van der Waals surface area contributed by atoms with E-state index in [1.165, 1.54) is 5.56 Å². The van der Waals surface area contributed by atoms with E-state index in [0.717, 1.165) is 31.5 Å². The highest BCUT2D eigenvalue weighted by Gasteiger charge is 2.42. The zero-order chi connectivity index (χ0) is 11.0. The lowest BCUT2D eigenvalue weighted by Gasteiger charge is -2.41. The predicted octanol–water partition coefficient (Wildman–Crippen LogP) is 1.36. The fraction of sp³-hybridized carbons (Fsp3) is 0.462. The minimum atomic E-state index is -0.350. The number of carbonyl (C=O) groups excluding carboxylic acids is 1. The molecule has 1 N–H and O–H groups in total. The van der Waals surface area contributed by atoms with E-state index in [0.29, 0.717) is 6.42 Å². The number of piperidine rings is 1. The van der Waals surface area contributed by atoms with Gasteiger partial charge in [0.05, 0.1) is 6.42 Å². The van der Waals surface area contributed by atoms with Gasteiger partial charge in [0.25, 0.3) is 0 Å². The number of ether oxygens (including phenoxy) is 1. The quantitative estimate of drug-likeness (QED) is 0.667. The van der Waals surface area contributed by atoms with Crippen molar-refractivity contribution in [3.63, 3.8) is 0 Å². The molecule has 0 bridgehead atoms. The molecule has 1 aromatic carbocycles. The summed E-state index contributed by atoms with van der Waals surface area (Å²) in [4.78, 5) is 11.7. The lowest BCUT2D eigenvalue weighted by Crippen LogP contribution is -2.46. The van der Waals surface area contributed by atoms with Crippen molar-refractivity contribution in [2.24, 2.45) is 0 Å². The summed E-state index contributed by atoms with van der Waals surface area (Å²) < 4.78 is 5.66. The second-order valence-corrected chi connectivity index (χ2v) is 4.55. The van der Waals surface area contributed by atoms with Gasteiger partial charge in [-0.25, -0.2) is 0 Å². The molecule has 3 rings (SSSR count). The van der Waals surface area contributed by atoms with Crippen molar-refractivity contribution in [2.75, 3.05) is 13.1 Å². The summed E-state index contributed by atoms with van der Waals surface area (Å²) in [7, 11) is 0. The molecular weight excluding hydrogens is 202 g/mol. The minimum absolute atomic E-state index is 0.0828. The van der Waals surface area contributed by atoms with Gasteiger partial charge in [0, 0.05) is 12.8 Å². The fourth-order valence-corrected chi connectivity index (χ4v) is 2.79. The molecule has 84 valence electrons. The average Bonchev–Trinajstić information content (AvgIpc) is 2.30. The van der Waals surface area contributed by atoms with Gasteiger partial charge >= 0.3 is 5.97 Å². The Bertz CT molecular complexity index is 422. The monoisotopic (exact) mass is 217 g/mol. The third-order valence-electron chi connectivity index (χ3n) is 3.56. The topological polar surface area (TPSA) is 38.3 Å². The Morgan fingerprint density at radius 3 is 2.75 bits per heavy atom. The van der Waals surface area contributed by atoms with Gasteiger partial charge in [0.15, 0.2) is 0 Å². The molecule has 0 radical (unpaired) electrons. The summed E-state index contributed by atoms with van der Waals surface area (Å²) in [5.74, 6) is -0.0828. The van der Waals surface area contributed by atoms with E-state index in [1.807, 2.05) is 18.2 Å². The summed E-state index contributed by atoms with van der Waals surface area (Å²) in [5.41, 5.74) is 2.01. The highest BCUT2D eigenvalue weighted by atomic mass is 16.6. The van der Waals surface area contributed by atoms with E-state index in [-0.39, 0.29) is 11.6 Å². The Labute approximate surface area is 94.8 Å². The first kappa shape index (κ1) is 9.85. The smallest absolute Gasteiger partial charge is 0.311 e. The first-order valence-corrected chi connectivity index (χ1v) is 5.81. The number of fused-ring (bicyclic) bond motifs is 2. The van der Waals surface area contributed by atoms with Crippen LogP contribution in [0.1, 0.15) is 24.0 Å². The van der Waals surface area contributed by atoms with Gasteiger partial charge in [0.2, 0.25) is 0 Å². The predicted molar refractivity (Wildman–Crippen MR) is 60.0 cm³/mol. The zero-order valence-electron chi connectivity index (χ0n) is 9.16. The van der Waals surface area contributed by atoms with Gasteiger partial charge in [-0.05, 0) is 24.2 Å². The molecule has 1 aromatic rings. The van der Waals surface area contributed by atoms with Crippen molar-refractivity contribution >= 4 is 5.97 Å². The number of carbonyl (C=O) groups is 1. The first-order valence-electron chi connectivity index (χ1n) is 5.81. The largest absolute Gasteiger partial charge is 0.454 e. The van der Waals surface area contributed by atoms with E-state index >= 15 is 0 Å². The van der Waals surface area contributed by atoms with Gasteiger partial charge in [-0.15, -0.1) is 0 Å². The van der Waals surface area contributed by atoms with Crippen LogP contribution < -0.4 is 5.32 Å². The summed E-state index contributed by atoms with van der Waals surface area (Å²) in [5, 5.41) is 3.31. The van der Waals surface area contributed by atoms with Crippen LogP contribution in [0.3, 0.4) is 0 Å². The third-order valence-corrected chi connectivity index (χ3v) is 3.56. The normalized spacial score (nSPS) is 22.6. The Morgan fingerprint density at radius 1 is 1.19 bits per heavy atom. The Hall–Kier alpha value is -1.35. The van der Waals surface area contributed by atoms with Crippen LogP contribution in [0.15, 0.2) is 24.3 Å². The van der Waals surface area contributed by atoms with Crippen LogP contribution in [-0.4, -0.2) is 19.1 Å². The molecule has 1 saturated heterocycles. The highest BCUT2D eigenvalue weighted by Crippen LogP contribution is 2.40. The van der Waals surface area contributed by atoms with E-state index in [4.69, 9.17) is 4.74 Å². The molecule has 3 nitrogen and oxygen atoms in total. The number of rotatable bonds is 0. The highest BCUT2D eigenvalue weighted by molar-refractivity contribution is 5.76. The molecule has 2 aliphatic heterocycles. The molecule has 0 amide bonds. The zero-order valence-corrected chi connectivity index (χ0v) is 9.16. The van der Waals surface area contributed by atoms with Gasteiger partial charge in [0.1, 0.15) is 5.60 Å². The van der Waals surface area contributed by atoms with Crippen molar-refractivity contribution in [2.45, 2.75) is 24.9 Å². The Balaban J connectivity index is 2.08. The van der Waals surface area contributed by atoms with Crippen LogP contribution in [0.4, 0.5) is 0 Å². The number of benzene rings is 1. The van der Waals surface area contributed by atoms with E-state index in [9.17, 15) is 4.79 Å². The second-order valence-electron chi connectivity index (χ2n) is 4.55. The first-order chi connectivity index (χ1) is 7.80. The standard InChI is InChI=1S/C13H15NO2/c15-12-9-10-3-1-2-4-11(10)13(16-12)5-7-14-8-6-13/h1-4,14H,5-9H2. The van der Waals surface area contributed by atoms with Gasteiger partial charge in [-0.3, -0.25) is 4.79 Å². The summed E-state index contributed by atoms with van der Waals surface area (Å²) in [6, 6.07) is 8.17. The number of hydrogen-bond donors (Lipinski definition) is 1. The van der Waals surface area contributed by atoms with Crippen LogP contribution in [-0.2, 0) is 21.6 Å². The fourth-order valence-electron chi connectivity index (χ4n) is 2.79. The molecular formula is C13H15NO2. The van der Waals surface area contributed by atoms with Crippen LogP contribution in [0.5, 0.6) is 0 Å². The number of hydrogen-bond acceptors (Lipinski definition) is 3. The molecule has 16 heavy (non-hydrogen) atoms. The van der Waals surface area contributed by atoms with Gasteiger partial charge in [-0.2, -0.15) is 0 Å². The molecule has 0 atom stereocenters. The summed E-state index contributed by atoms with van der Waals surface area (Å²) in [6.45, 7) is 1.84. The maximum absolute atomic E-state index is 11.7. The Kier molecular flexibility index (Phi) is 2.21.